The number of hydrogen-bond acceptors (Lipinski definition) is 16. The molecule has 3 fully saturated rings. The molecule has 0 amide bonds. The lowest BCUT2D eigenvalue weighted by atomic mass is 9.84. The molecule has 5 rings (SSSR count). The molecule has 0 aromatic heterocycles. The van der Waals surface area contributed by atoms with Crippen LogP contribution in [0.5, 0.6) is 0 Å². The van der Waals surface area contributed by atoms with Crippen LogP contribution in [0.15, 0.2) is 86.2 Å². The molecule has 2 aliphatic heterocycles. The molecule has 16 atom stereocenters. The zero-order chi connectivity index (χ0) is 43.7. The Bertz CT molecular complexity index is 1950. The van der Waals surface area contributed by atoms with Gasteiger partial charge in [-0.2, -0.15) is 0 Å². The number of aliphatic hydroxyl groups excluding tert-OH is 4. The molecule has 2 heterocycles. The van der Waals surface area contributed by atoms with E-state index in [4.69, 9.17) is 44.2 Å². The van der Waals surface area contributed by atoms with Crippen molar-refractivity contribution in [3.05, 3.63) is 124 Å². The van der Waals surface area contributed by atoms with E-state index < -0.39 is 104 Å². The zero-order valence-electron chi connectivity index (χ0n) is 32.6. The summed E-state index contributed by atoms with van der Waals surface area (Å²) in [6, 6.07) is 14.2. The van der Waals surface area contributed by atoms with Crippen molar-refractivity contribution in [2.24, 2.45) is 25.6 Å². The Kier molecular flexibility index (Phi) is 18.0. The van der Waals surface area contributed by atoms with Gasteiger partial charge in [0.2, 0.25) is 0 Å². The molecule has 2 aromatic rings. The van der Waals surface area contributed by atoms with Gasteiger partial charge >= 0.3 is 0 Å². The number of benzene rings is 2. The molecule has 0 unspecified atom stereocenters. The lowest BCUT2D eigenvalue weighted by molar-refractivity contribution is -0.343. The SMILES string of the molecule is C[C@H]1O[C@H](O[C@@H]2[C@@H](O)[C@H](O[C@H]3O[C@H](CN=[N+]=[N-])[C@@H](O)[C@H](O)[C@H]3N=[N+]=[N-])[C@@H](N=[N+]=[N-])C[C@H]2N=[N+]=[N-])[C@H](OCc2ccccc2)[C@@H](OCc2ccccc2)[C@@H]1OC[C@@H](O)CN=[N+]=[N-]. The minimum atomic E-state index is -1.84. The normalized spacial score (nSPS) is 33.9. The van der Waals surface area contributed by atoms with Crippen LogP contribution >= 0.6 is 0 Å². The summed E-state index contributed by atoms with van der Waals surface area (Å²) in [6.45, 7) is 0.697. The largest absolute Gasteiger partial charge is 0.391 e. The first kappa shape index (κ1) is 46.6. The summed E-state index contributed by atoms with van der Waals surface area (Å²) in [4.78, 5) is 13.9. The molecular weight excluding hydrogens is 806 g/mol. The van der Waals surface area contributed by atoms with Crippen molar-refractivity contribution in [1.82, 2.24) is 0 Å². The van der Waals surface area contributed by atoms with Crippen LogP contribution in [-0.4, -0.2) is 138 Å². The fraction of sp³-hybridized carbons (Fsp3) is 0.657. The van der Waals surface area contributed by atoms with Crippen molar-refractivity contribution in [3.63, 3.8) is 0 Å². The Labute approximate surface area is 347 Å². The van der Waals surface area contributed by atoms with Crippen LogP contribution in [0.4, 0.5) is 0 Å². The summed E-state index contributed by atoms with van der Waals surface area (Å²) in [7, 11) is 0. The topological polar surface area (TPSA) is 389 Å². The zero-order valence-corrected chi connectivity index (χ0v) is 32.6. The van der Waals surface area contributed by atoms with Gasteiger partial charge in [0.15, 0.2) is 12.6 Å². The maximum atomic E-state index is 12.1. The highest BCUT2D eigenvalue weighted by molar-refractivity contribution is 5.15. The Hall–Kier alpha value is -5.45. The van der Waals surface area contributed by atoms with Gasteiger partial charge in [-0.3, -0.25) is 0 Å². The van der Waals surface area contributed by atoms with Gasteiger partial charge in [0.25, 0.3) is 0 Å². The van der Waals surface area contributed by atoms with Gasteiger partial charge in [0.1, 0.15) is 36.6 Å². The molecule has 61 heavy (non-hydrogen) atoms. The summed E-state index contributed by atoms with van der Waals surface area (Å²) in [5, 5.41) is 62.1. The fourth-order valence-electron chi connectivity index (χ4n) is 7.26. The number of hydrogen-bond donors (Lipinski definition) is 4. The summed E-state index contributed by atoms with van der Waals surface area (Å²) >= 11 is 0. The van der Waals surface area contributed by atoms with Crippen molar-refractivity contribution < 1.29 is 53.6 Å². The maximum Gasteiger partial charge on any atom is 0.187 e. The number of azide groups is 5. The van der Waals surface area contributed by atoms with E-state index in [-0.39, 0.29) is 32.8 Å². The number of nitrogens with zero attached hydrogens (tertiary/aromatic N) is 15. The van der Waals surface area contributed by atoms with Gasteiger partial charge in [0.05, 0.1) is 81.6 Å². The van der Waals surface area contributed by atoms with Crippen molar-refractivity contribution in [2.75, 3.05) is 19.7 Å². The number of rotatable bonds is 20. The van der Waals surface area contributed by atoms with E-state index in [0.717, 1.165) is 11.1 Å². The molecule has 0 bridgehead atoms. The molecule has 1 saturated carbocycles. The molecule has 4 N–H and O–H groups in total. The highest BCUT2D eigenvalue weighted by atomic mass is 16.7. The molecule has 2 saturated heterocycles. The molecule has 1 aliphatic carbocycles. The van der Waals surface area contributed by atoms with E-state index in [0.29, 0.717) is 0 Å². The third kappa shape index (κ3) is 12.3. The van der Waals surface area contributed by atoms with Crippen LogP contribution in [0, 0.1) is 0 Å². The van der Waals surface area contributed by atoms with Crippen molar-refractivity contribution >= 4 is 0 Å². The minimum absolute atomic E-state index is 0.00321. The number of aliphatic hydroxyl groups is 4. The van der Waals surface area contributed by atoms with E-state index in [2.05, 4.69) is 50.1 Å². The fourth-order valence-corrected chi connectivity index (χ4v) is 7.26. The summed E-state index contributed by atoms with van der Waals surface area (Å²) in [5.74, 6) is 0. The standard InChI is InChI=1S/C35H45N15O11/c1-18-29(57-17-21(51)13-41-46-36)32(55-15-19-8-4-2-5-9-19)33(56-16-20-10-6-3-7-11-20)35(58-18)61-31-23(44-49-39)12-22(43-48-38)30(28(31)54)60-34-25(45-50-40)27(53)26(52)24(59-34)14-42-47-37/h2-11,18,21-35,51-54H,12-17H2,1H3/t18-,21+,22+,23-,24-,25-,26-,27-,28+,29-,30-,31+,32+,33-,34-,35-/m1/s1. The van der Waals surface area contributed by atoms with Crippen LogP contribution in [-0.2, 0) is 46.4 Å². The number of ether oxygens (including phenoxy) is 7. The first-order valence-corrected chi connectivity index (χ1v) is 19.0. The molecule has 0 spiro atoms. The molecule has 26 heteroatoms. The van der Waals surface area contributed by atoms with Crippen molar-refractivity contribution in [3.8, 4) is 0 Å². The summed E-state index contributed by atoms with van der Waals surface area (Å²) in [6.07, 6.45) is -18.3. The van der Waals surface area contributed by atoms with E-state index in [1.807, 2.05) is 60.7 Å². The van der Waals surface area contributed by atoms with Gasteiger partial charge in [-0.05, 0) is 52.1 Å². The monoisotopic (exact) mass is 851 g/mol. The smallest absolute Gasteiger partial charge is 0.187 e. The summed E-state index contributed by atoms with van der Waals surface area (Å²) in [5.41, 5.74) is 47.6. The van der Waals surface area contributed by atoms with Crippen LogP contribution in [0.1, 0.15) is 24.5 Å². The van der Waals surface area contributed by atoms with Crippen LogP contribution in [0.3, 0.4) is 0 Å². The first-order valence-electron chi connectivity index (χ1n) is 19.0. The van der Waals surface area contributed by atoms with Crippen molar-refractivity contribution in [2.45, 2.75) is 124 Å². The van der Waals surface area contributed by atoms with Gasteiger partial charge in [-0.15, -0.1) is 0 Å². The Morgan fingerprint density at radius 3 is 1.75 bits per heavy atom. The Balaban J connectivity index is 1.50. The first-order chi connectivity index (χ1) is 29.6. The van der Waals surface area contributed by atoms with Crippen LogP contribution in [0.2, 0.25) is 0 Å². The van der Waals surface area contributed by atoms with E-state index >= 15 is 0 Å². The molecule has 3 aliphatic rings. The van der Waals surface area contributed by atoms with Crippen LogP contribution in [0.25, 0.3) is 52.2 Å². The van der Waals surface area contributed by atoms with Gasteiger partial charge in [-0.25, -0.2) is 0 Å². The molecule has 2 aromatic carbocycles. The molecule has 326 valence electrons. The lowest BCUT2D eigenvalue weighted by Gasteiger charge is -2.49. The average Bonchev–Trinajstić information content (AvgIpc) is 3.26. The highest BCUT2D eigenvalue weighted by Gasteiger charge is 2.54. The molecular formula is C35H45N15O11. The highest BCUT2D eigenvalue weighted by Crippen LogP contribution is 2.37. The Morgan fingerprint density at radius 1 is 0.639 bits per heavy atom. The van der Waals surface area contributed by atoms with Crippen molar-refractivity contribution in [1.29, 1.82) is 0 Å². The quantitative estimate of drug-likeness (QED) is 0.0827. The van der Waals surface area contributed by atoms with Crippen LogP contribution < -0.4 is 0 Å². The van der Waals surface area contributed by atoms with Gasteiger partial charge in [-0.1, -0.05) is 86.2 Å². The predicted octanol–water partition coefficient (Wildman–Crippen LogP) is 4.29. The molecule has 0 radical (unpaired) electrons. The lowest BCUT2D eigenvalue weighted by Crippen LogP contribution is -2.65. The maximum absolute atomic E-state index is 12.1. The van der Waals surface area contributed by atoms with E-state index in [1.54, 1.807) is 6.92 Å². The summed E-state index contributed by atoms with van der Waals surface area (Å²) < 4.78 is 44.0. The average molecular weight is 852 g/mol. The predicted molar refractivity (Wildman–Crippen MR) is 208 cm³/mol. The molecule has 26 nitrogen and oxygen atoms in total. The Morgan fingerprint density at radius 2 is 1.20 bits per heavy atom. The van der Waals surface area contributed by atoms with E-state index in [1.165, 1.54) is 0 Å². The van der Waals surface area contributed by atoms with Gasteiger partial charge in [0, 0.05) is 24.6 Å². The second-order valence-corrected chi connectivity index (χ2v) is 14.2. The minimum Gasteiger partial charge on any atom is -0.391 e. The third-order valence-corrected chi connectivity index (χ3v) is 10.2. The third-order valence-electron chi connectivity index (χ3n) is 10.2. The second kappa shape index (κ2) is 23.5. The van der Waals surface area contributed by atoms with E-state index in [9.17, 15) is 37.0 Å². The van der Waals surface area contributed by atoms with Gasteiger partial charge < -0.3 is 53.6 Å². The second-order valence-electron chi connectivity index (χ2n) is 14.2.